The van der Waals surface area contributed by atoms with Gasteiger partial charge in [-0.3, -0.25) is 0 Å². The second-order valence-electron chi connectivity index (χ2n) is 4.01. The molecule has 3 rings (SSSR count). The van der Waals surface area contributed by atoms with Crippen LogP contribution in [-0.2, 0) is 6.18 Å². The smallest absolute Gasteiger partial charge is 0.345 e. The topological polar surface area (TPSA) is 41.6 Å². The number of hydrogen-bond acceptors (Lipinski definition) is 2. The average Bonchev–Trinajstić information content (AvgIpc) is 2.85. The average molecular weight is 263 g/mol. The van der Waals surface area contributed by atoms with Crippen LogP contribution in [0.4, 0.5) is 13.2 Å². The Labute approximate surface area is 106 Å². The summed E-state index contributed by atoms with van der Waals surface area (Å²) in [6.45, 7) is 0. The molecule has 2 heterocycles. The lowest BCUT2D eigenvalue weighted by Gasteiger charge is -2.11. The predicted molar refractivity (Wildman–Crippen MR) is 64.3 cm³/mol. The second kappa shape index (κ2) is 4.08. The summed E-state index contributed by atoms with van der Waals surface area (Å²) in [5.74, 6) is 0. The third-order valence-corrected chi connectivity index (χ3v) is 2.77. The fraction of sp³-hybridized carbons (Fsp3) is 0.0769. The first-order valence-electron chi connectivity index (χ1n) is 5.52. The summed E-state index contributed by atoms with van der Waals surface area (Å²) in [6.07, 6.45) is -1.43. The highest BCUT2D eigenvalue weighted by molar-refractivity contribution is 5.75. The van der Waals surface area contributed by atoms with Crippen molar-refractivity contribution in [2.45, 2.75) is 6.18 Å². The molecule has 0 aliphatic rings. The van der Waals surface area contributed by atoms with E-state index in [4.69, 9.17) is 0 Å². The first kappa shape index (κ1) is 11.7. The van der Waals surface area contributed by atoms with Gasteiger partial charge in [-0.1, -0.05) is 18.2 Å². The maximum atomic E-state index is 12.9. The van der Waals surface area contributed by atoms with Gasteiger partial charge >= 0.3 is 6.18 Å². The Balaban J connectivity index is 2.21. The Morgan fingerprint density at radius 1 is 1.05 bits per heavy atom. The van der Waals surface area contributed by atoms with E-state index in [0.29, 0.717) is 11.2 Å². The van der Waals surface area contributed by atoms with Crippen molar-refractivity contribution in [1.82, 2.24) is 15.0 Å². The molecule has 0 saturated carbocycles. The Hall–Kier alpha value is -2.37. The van der Waals surface area contributed by atoms with E-state index in [1.165, 1.54) is 18.3 Å². The third kappa shape index (κ3) is 2.05. The van der Waals surface area contributed by atoms with E-state index in [-0.39, 0.29) is 11.3 Å². The lowest BCUT2D eigenvalue weighted by molar-refractivity contribution is -0.137. The van der Waals surface area contributed by atoms with Crippen molar-refractivity contribution in [3.63, 3.8) is 0 Å². The van der Waals surface area contributed by atoms with Gasteiger partial charge in [-0.15, -0.1) is 0 Å². The summed E-state index contributed by atoms with van der Waals surface area (Å²) in [7, 11) is 0. The van der Waals surface area contributed by atoms with Gasteiger partial charge in [0.05, 0.1) is 17.5 Å². The van der Waals surface area contributed by atoms with Gasteiger partial charge in [0.2, 0.25) is 0 Å². The zero-order chi connectivity index (χ0) is 13.5. The maximum absolute atomic E-state index is 12.9. The minimum absolute atomic E-state index is 0.0330. The Kier molecular flexibility index (Phi) is 2.51. The molecule has 3 aromatic rings. The van der Waals surface area contributed by atoms with Crippen LogP contribution in [0.2, 0.25) is 0 Å². The van der Waals surface area contributed by atoms with E-state index in [2.05, 4.69) is 15.0 Å². The highest BCUT2D eigenvalue weighted by Crippen LogP contribution is 2.36. The number of nitrogens with zero attached hydrogens (tertiary/aromatic N) is 2. The van der Waals surface area contributed by atoms with Crippen molar-refractivity contribution < 1.29 is 13.2 Å². The first-order chi connectivity index (χ1) is 9.05. The van der Waals surface area contributed by atoms with Crippen molar-refractivity contribution in [3.8, 4) is 11.3 Å². The van der Waals surface area contributed by atoms with Gasteiger partial charge in [-0.05, 0) is 12.1 Å². The monoisotopic (exact) mass is 263 g/mol. The number of aromatic nitrogens is 3. The highest BCUT2D eigenvalue weighted by Gasteiger charge is 2.33. The van der Waals surface area contributed by atoms with E-state index in [0.717, 1.165) is 6.07 Å². The minimum Gasteiger partial charge on any atom is -0.345 e. The predicted octanol–water partition coefficient (Wildman–Crippen LogP) is 3.64. The number of rotatable bonds is 1. The molecule has 3 nitrogen and oxygen atoms in total. The number of fused-ring (bicyclic) bond motifs is 1. The number of benzene rings is 1. The third-order valence-electron chi connectivity index (χ3n) is 2.77. The van der Waals surface area contributed by atoms with Crippen molar-refractivity contribution in [2.75, 3.05) is 0 Å². The molecule has 0 aliphatic carbocycles. The molecule has 6 heteroatoms. The summed E-state index contributed by atoms with van der Waals surface area (Å²) < 4.78 is 38.8. The second-order valence-corrected chi connectivity index (χ2v) is 4.01. The van der Waals surface area contributed by atoms with Crippen LogP contribution in [0, 0.1) is 0 Å². The number of nitrogens with one attached hydrogen (secondary N) is 1. The molecule has 0 radical (unpaired) electrons. The standard InChI is InChI=1S/C13H8F3N3/c14-13(15,16)9-4-2-1-3-8(9)11-7-18-12-10(19-11)5-6-17-12/h1-7H,(H,17,18). The van der Waals surface area contributed by atoms with Crippen LogP contribution in [0.1, 0.15) is 5.56 Å². The van der Waals surface area contributed by atoms with E-state index < -0.39 is 11.7 Å². The molecule has 2 aromatic heterocycles. The molecular formula is C13H8F3N3. The van der Waals surface area contributed by atoms with Crippen LogP contribution in [0.5, 0.6) is 0 Å². The molecular weight excluding hydrogens is 255 g/mol. The fourth-order valence-electron chi connectivity index (χ4n) is 1.91. The number of alkyl halides is 3. The van der Waals surface area contributed by atoms with Gasteiger partial charge in [-0.2, -0.15) is 13.2 Å². The Morgan fingerprint density at radius 3 is 2.63 bits per heavy atom. The number of halogens is 3. The summed E-state index contributed by atoms with van der Waals surface area (Å²) in [6, 6.07) is 7.01. The van der Waals surface area contributed by atoms with Crippen molar-refractivity contribution in [2.24, 2.45) is 0 Å². The van der Waals surface area contributed by atoms with Gasteiger partial charge in [0.1, 0.15) is 5.52 Å². The maximum Gasteiger partial charge on any atom is 0.417 e. The van der Waals surface area contributed by atoms with Crippen LogP contribution in [0.3, 0.4) is 0 Å². The number of hydrogen-bond donors (Lipinski definition) is 1. The molecule has 0 fully saturated rings. The van der Waals surface area contributed by atoms with Crippen LogP contribution in [-0.4, -0.2) is 15.0 Å². The van der Waals surface area contributed by atoms with E-state index >= 15 is 0 Å². The molecule has 0 spiro atoms. The van der Waals surface area contributed by atoms with E-state index in [1.807, 2.05) is 0 Å². The number of aromatic amines is 1. The zero-order valence-corrected chi connectivity index (χ0v) is 9.57. The van der Waals surface area contributed by atoms with Gasteiger partial charge in [0.25, 0.3) is 0 Å². The summed E-state index contributed by atoms with van der Waals surface area (Å²) in [5.41, 5.74) is 0.618. The van der Waals surface area contributed by atoms with Crippen molar-refractivity contribution >= 4 is 11.2 Å². The van der Waals surface area contributed by atoms with E-state index in [9.17, 15) is 13.2 Å². The fourth-order valence-corrected chi connectivity index (χ4v) is 1.91. The zero-order valence-electron chi connectivity index (χ0n) is 9.57. The van der Waals surface area contributed by atoms with Crippen LogP contribution in [0.25, 0.3) is 22.4 Å². The Morgan fingerprint density at radius 2 is 1.84 bits per heavy atom. The van der Waals surface area contributed by atoms with Crippen LogP contribution < -0.4 is 0 Å². The van der Waals surface area contributed by atoms with Gasteiger partial charge < -0.3 is 4.98 Å². The lowest BCUT2D eigenvalue weighted by atomic mass is 10.0. The highest BCUT2D eigenvalue weighted by atomic mass is 19.4. The summed E-state index contributed by atoms with van der Waals surface area (Å²) in [4.78, 5) is 11.1. The summed E-state index contributed by atoms with van der Waals surface area (Å²) in [5, 5.41) is 0. The molecule has 19 heavy (non-hydrogen) atoms. The molecule has 0 atom stereocenters. The quantitative estimate of drug-likeness (QED) is 0.728. The minimum atomic E-state index is -4.41. The largest absolute Gasteiger partial charge is 0.417 e. The molecule has 96 valence electrons. The molecule has 1 N–H and O–H groups in total. The van der Waals surface area contributed by atoms with Crippen LogP contribution >= 0.6 is 0 Å². The molecule has 0 aliphatic heterocycles. The molecule has 0 amide bonds. The van der Waals surface area contributed by atoms with Crippen LogP contribution in [0.15, 0.2) is 42.7 Å². The van der Waals surface area contributed by atoms with Gasteiger partial charge in [0.15, 0.2) is 5.65 Å². The van der Waals surface area contributed by atoms with Crippen molar-refractivity contribution in [3.05, 3.63) is 48.3 Å². The molecule has 0 saturated heterocycles. The molecule has 1 aromatic carbocycles. The number of H-pyrrole nitrogens is 1. The SMILES string of the molecule is FC(F)(F)c1ccccc1-c1cnc2[nH]ccc2n1. The first-order valence-corrected chi connectivity index (χ1v) is 5.52. The van der Waals surface area contributed by atoms with E-state index in [1.54, 1.807) is 18.3 Å². The normalized spacial score (nSPS) is 11.9. The van der Waals surface area contributed by atoms with Crippen molar-refractivity contribution in [1.29, 1.82) is 0 Å². The molecule has 0 unspecified atom stereocenters. The lowest BCUT2D eigenvalue weighted by Crippen LogP contribution is -2.07. The van der Waals surface area contributed by atoms with Gasteiger partial charge in [0, 0.05) is 11.8 Å². The van der Waals surface area contributed by atoms with Gasteiger partial charge in [-0.25, -0.2) is 9.97 Å². The molecule has 0 bridgehead atoms. The summed E-state index contributed by atoms with van der Waals surface area (Å²) >= 11 is 0. The Bertz CT molecular complexity index is 731.